The third-order valence-electron chi connectivity index (χ3n) is 4.50. The number of para-hydroxylation sites is 1. The van der Waals surface area contributed by atoms with Gasteiger partial charge >= 0.3 is 0 Å². The van der Waals surface area contributed by atoms with Crippen LogP contribution in [0.1, 0.15) is 11.1 Å². The Morgan fingerprint density at radius 1 is 1.28 bits per heavy atom. The highest BCUT2D eigenvalue weighted by Crippen LogP contribution is 2.43. The molecule has 1 heterocycles. The topological polar surface area (TPSA) is 73.2 Å². The maximum Gasteiger partial charge on any atom is 0.264 e. The van der Waals surface area contributed by atoms with Crippen LogP contribution in [0.15, 0.2) is 53.1 Å². The molecule has 2 aromatic carbocycles. The summed E-state index contributed by atoms with van der Waals surface area (Å²) >= 11 is 13.5. The van der Waals surface area contributed by atoms with Gasteiger partial charge in [-0.15, -0.1) is 0 Å². The zero-order valence-corrected chi connectivity index (χ0v) is 18.0. The summed E-state index contributed by atoms with van der Waals surface area (Å²) in [5, 5.41) is 12.9. The lowest BCUT2D eigenvalue weighted by atomic mass is 10.1. The average molecular weight is 446 g/mol. The van der Waals surface area contributed by atoms with E-state index in [-0.39, 0.29) is 11.5 Å². The number of nitriles is 1. The third-order valence-corrected chi connectivity index (χ3v) is 6.37. The molecule has 1 N–H and O–H groups in total. The van der Waals surface area contributed by atoms with Crippen molar-refractivity contribution in [2.24, 2.45) is 0 Å². The molecule has 1 atom stereocenters. The zero-order chi connectivity index (χ0) is 21.1. The highest BCUT2D eigenvalue weighted by molar-refractivity contribution is 8.05. The number of thioether (sulfide) groups is 1. The summed E-state index contributed by atoms with van der Waals surface area (Å²) in [5.74, 6) is -0.755. The zero-order valence-electron chi connectivity index (χ0n) is 15.7. The Bertz CT molecular complexity index is 1060. The fourth-order valence-corrected chi connectivity index (χ4v) is 4.72. The van der Waals surface area contributed by atoms with E-state index < -0.39 is 11.2 Å². The van der Waals surface area contributed by atoms with E-state index in [1.54, 1.807) is 24.3 Å². The van der Waals surface area contributed by atoms with E-state index in [9.17, 15) is 14.9 Å². The summed E-state index contributed by atoms with van der Waals surface area (Å²) < 4.78 is 0. The second-order valence-electron chi connectivity index (χ2n) is 6.38. The van der Waals surface area contributed by atoms with Gasteiger partial charge < -0.3 is 5.32 Å². The standard InChI is InChI=1S/C21H17Cl2N3O2S/c1-12-5-3-4-6-17(12)26-20(28)18(10-13-9-14(22)7-8-16(13)23)29-21(26)15(11-24)19(27)25-2/h3-9,18H,10H2,1-2H3,(H,25,27)/b21-15-. The Labute approximate surface area is 183 Å². The minimum absolute atomic E-state index is 0.103. The van der Waals surface area contributed by atoms with Gasteiger partial charge in [0.1, 0.15) is 16.7 Å². The molecular weight excluding hydrogens is 429 g/mol. The van der Waals surface area contributed by atoms with Crippen molar-refractivity contribution in [3.63, 3.8) is 0 Å². The molecule has 3 rings (SSSR count). The van der Waals surface area contributed by atoms with Crippen molar-refractivity contribution in [3.05, 3.63) is 74.2 Å². The molecule has 0 radical (unpaired) electrons. The first-order valence-electron chi connectivity index (χ1n) is 8.74. The van der Waals surface area contributed by atoms with Crippen LogP contribution < -0.4 is 10.2 Å². The Kier molecular flexibility index (Phi) is 6.53. The van der Waals surface area contributed by atoms with Crippen LogP contribution in [-0.4, -0.2) is 24.1 Å². The first-order valence-corrected chi connectivity index (χ1v) is 10.4. The van der Waals surface area contributed by atoms with E-state index in [0.29, 0.717) is 27.2 Å². The van der Waals surface area contributed by atoms with E-state index in [4.69, 9.17) is 23.2 Å². The van der Waals surface area contributed by atoms with Crippen LogP contribution in [0.3, 0.4) is 0 Å². The third kappa shape index (κ3) is 4.27. The molecule has 148 valence electrons. The molecule has 1 unspecified atom stereocenters. The van der Waals surface area contributed by atoms with E-state index in [1.807, 2.05) is 31.2 Å². The molecule has 0 spiro atoms. The number of carbonyl (C=O) groups is 2. The number of nitrogens with one attached hydrogen (secondary N) is 1. The van der Waals surface area contributed by atoms with E-state index in [2.05, 4.69) is 5.32 Å². The molecule has 0 aromatic heterocycles. The summed E-state index contributed by atoms with van der Waals surface area (Å²) in [6.45, 7) is 1.87. The number of hydrogen-bond donors (Lipinski definition) is 1. The fourth-order valence-electron chi connectivity index (χ4n) is 3.04. The molecular formula is C21H17Cl2N3O2S. The summed E-state index contributed by atoms with van der Waals surface area (Å²) in [5.41, 5.74) is 2.12. The number of benzene rings is 2. The number of likely N-dealkylation sites (N-methyl/N-ethyl adjacent to an activating group) is 1. The first kappa shape index (κ1) is 21.3. The van der Waals surface area contributed by atoms with Gasteiger partial charge in [-0.25, -0.2) is 0 Å². The van der Waals surface area contributed by atoms with Gasteiger partial charge in [0.2, 0.25) is 5.91 Å². The normalized spacial score (nSPS) is 17.8. The quantitative estimate of drug-likeness (QED) is 0.556. The maximum absolute atomic E-state index is 13.4. The molecule has 5 nitrogen and oxygen atoms in total. The number of amides is 2. The van der Waals surface area contributed by atoms with Crippen molar-refractivity contribution < 1.29 is 9.59 Å². The van der Waals surface area contributed by atoms with Crippen molar-refractivity contribution in [1.29, 1.82) is 5.26 Å². The number of halogens is 2. The van der Waals surface area contributed by atoms with Crippen molar-refractivity contribution in [1.82, 2.24) is 5.32 Å². The van der Waals surface area contributed by atoms with Gasteiger partial charge in [-0.2, -0.15) is 5.26 Å². The molecule has 8 heteroatoms. The highest BCUT2D eigenvalue weighted by atomic mass is 35.5. The Hall–Kier alpha value is -2.46. The number of hydrogen-bond acceptors (Lipinski definition) is 4. The van der Waals surface area contributed by atoms with Gasteiger partial charge in [-0.3, -0.25) is 14.5 Å². The van der Waals surface area contributed by atoms with Gasteiger partial charge in [0.25, 0.3) is 5.91 Å². The second-order valence-corrected chi connectivity index (χ2v) is 8.41. The summed E-state index contributed by atoms with van der Waals surface area (Å²) in [6.07, 6.45) is 0.321. The van der Waals surface area contributed by atoms with Gasteiger partial charge in [0, 0.05) is 17.1 Å². The van der Waals surface area contributed by atoms with Crippen LogP contribution in [0.2, 0.25) is 10.0 Å². The number of rotatable bonds is 4. The van der Waals surface area contributed by atoms with Crippen LogP contribution in [0.4, 0.5) is 5.69 Å². The maximum atomic E-state index is 13.4. The molecule has 1 saturated heterocycles. The van der Waals surface area contributed by atoms with Crippen molar-refractivity contribution in [3.8, 4) is 6.07 Å². The molecule has 0 aliphatic carbocycles. The molecule has 1 aliphatic rings. The Morgan fingerprint density at radius 2 is 2.00 bits per heavy atom. The van der Waals surface area contributed by atoms with Crippen LogP contribution in [-0.2, 0) is 16.0 Å². The molecule has 0 bridgehead atoms. The van der Waals surface area contributed by atoms with Gasteiger partial charge in [-0.1, -0.05) is 53.2 Å². The lowest BCUT2D eigenvalue weighted by Gasteiger charge is -2.20. The molecule has 2 aromatic rings. The van der Waals surface area contributed by atoms with Crippen LogP contribution >= 0.6 is 35.0 Å². The molecule has 1 aliphatic heterocycles. The lowest BCUT2D eigenvalue weighted by molar-refractivity contribution is -0.117. The van der Waals surface area contributed by atoms with E-state index >= 15 is 0 Å². The first-order chi connectivity index (χ1) is 13.9. The summed E-state index contributed by atoms with van der Waals surface area (Å²) in [7, 11) is 1.45. The number of nitrogens with zero attached hydrogens (tertiary/aromatic N) is 2. The van der Waals surface area contributed by atoms with Gasteiger partial charge in [-0.05, 0) is 48.7 Å². The number of anilines is 1. The minimum Gasteiger partial charge on any atom is -0.354 e. The van der Waals surface area contributed by atoms with Crippen molar-refractivity contribution >= 4 is 52.5 Å². The predicted molar refractivity (Wildman–Crippen MR) is 117 cm³/mol. The SMILES string of the molecule is CNC(=O)/C(C#N)=C1\SC(Cc2cc(Cl)ccc2Cl)C(=O)N1c1ccccc1C. The van der Waals surface area contributed by atoms with E-state index in [1.165, 1.54) is 23.7 Å². The van der Waals surface area contributed by atoms with Gasteiger partial charge in [0.05, 0.1) is 10.9 Å². The molecule has 0 saturated carbocycles. The molecule has 1 fully saturated rings. The molecule has 2 amide bonds. The number of carbonyl (C=O) groups excluding carboxylic acids is 2. The average Bonchev–Trinajstić information content (AvgIpc) is 3.01. The lowest BCUT2D eigenvalue weighted by Crippen LogP contribution is -2.32. The van der Waals surface area contributed by atoms with Crippen LogP contribution in [0.25, 0.3) is 0 Å². The smallest absolute Gasteiger partial charge is 0.264 e. The Balaban J connectivity index is 2.09. The monoisotopic (exact) mass is 445 g/mol. The summed E-state index contributed by atoms with van der Waals surface area (Å²) in [4.78, 5) is 27.1. The van der Waals surface area contributed by atoms with Gasteiger partial charge in [0.15, 0.2) is 0 Å². The van der Waals surface area contributed by atoms with Crippen molar-refractivity contribution in [2.45, 2.75) is 18.6 Å². The van der Waals surface area contributed by atoms with Crippen LogP contribution in [0.5, 0.6) is 0 Å². The second kappa shape index (κ2) is 8.91. The molecule has 29 heavy (non-hydrogen) atoms. The van der Waals surface area contributed by atoms with Crippen LogP contribution in [0, 0.1) is 18.3 Å². The highest BCUT2D eigenvalue weighted by Gasteiger charge is 2.41. The summed E-state index contributed by atoms with van der Waals surface area (Å²) in [6, 6.07) is 14.4. The largest absolute Gasteiger partial charge is 0.354 e. The Morgan fingerprint density at radius 3 is 2.66 bits per heavy atom. The van der Waals surface area contributed by atoms with E-state index in [0.717, 1.165) is 11.1 Å². The van der Waals surface area contributed by atoms with Crippen molar-refractivity contribution in [2.75, 3.05) is 11.9 Å². The fraction of sp³-hybridized carbons (Fsp3) is 0.190. The number of aryl methyl sites for hydroxylation is 1. The predicted octanol–water partition coefficient (Wildman–Crippen LogP) is 4.47. The minimum atomic E-state index is -0.548.